The number of nitrogens with zero attached hydrogens (tertiary/aromatic N) is 1. The molecular weight excluding hydrogens is 320 g/mol. The van der Waals surface area contributed by atoms with Crippen molar-refractivity contribution in [2.24, 2.45) is 0 Å². The standard InChI is InChI=1S/C13H6BrF2NS/c14-10-5-8(7-17)1-4-12(10)18-13-6-9(15)2-3-11(13)16/h1-6H. The lowest BCUT2D eigenvalue weighted by atomic mass is 10.2. The largest absolute Gasteiger partial charge is 0.207 e. The minimum Gasteiger partial charge on any atom is -0.207 e. The molecule has 2 rings (SSSR count). The van der Waals surface area contributed by atoms with E-state index in [2.05, 4.69) is 15.9 Å². The zero-order valence-electron chi connectivity index (χ0n) is 8.95. The van der Waals surface area contributed by atoms with Gasteiger partial charge in [0, 0.05) is 9.37 Å². The van der Waals surface area contributed by atoms with Gasteiger partial charge in [0.15, 0.2) is 0 Å². The Morgan fingerprint density at radius 1 is 1.06 bits per heavy atom. The third-order valence-corrected chi connectivity index (χ3v) is 4.20. The number of rotatable bonds is 2. The van der Waals surface area contributed by atoms with E-state index >= 15 is 0 Å². The van der Waals surface area contributed by atoms with Crippen molar-refractivity contribution >= 4 is 27.7 Å². The zero-order chi connectivity index (χ0) is 13.1. The average molecular weight is 326 g/mol. The summed E-state index contributed by atoms with van der Waals surface area (Å²) in [7, 11) is 0. The first-order valence-electron chi connectivity index (χ1n) is 4.92. The first kappa shape index (κ1) is 13.1. The normalized spacial score (nSPS) is 10.1. The van der Waals surface area contributed by atoms with Crippen LogP contribution in [-0.4, -0.2) is 0 Å². The van der Waals surface area contributed by atoms with Crippen molar-refractivity contribution < 1.29 is 8.78 Å². The summed E-state index contributed by atoms with van der Waals surface area (Å²) in [6.45, 7) is 0. The number of benzene rings is 2. The molecule has 0 saturated heterocycles. The average Bonchev–Trinajstić information content (AvgIpc) is 2.36. The highest BCUT2D eigenvalue weighted by Gasteiger charge is 2.09. The topological polar surface area (TPSA) is 23.8 Å². The lowest BCUT2D eigenvalue weighted by molar-refractivity contribution is 0.577. The minimum absolute atomic E-state index is 0.209. The van der Waals surface area contributed by atoms with Crippen LogP contribution >= 0.6 is 27.7 Å². The summed E-state index contributed by atoms with van der Waals surface area (Å²) in [5, 5.41) is 8.74. The van der Waals surface area contributed by atoms with E-state index in [-0.39, 0.29) is 4.90 Å². The van der Waals surface area contributed by atoms with Gasteiger partial charge < -0.3 is 0 Å². The van der Waals surface area contributed by atoms with E-state index in [0.29, 0.717) is 10.0 Å². The Labute approximate surface area is 116 Å². The number of nitriles is 1. The fraction of sp³-hybridized carbons (Fsp3) is 0. The summed E-state index contributed by atoms with van der Waals surface area (Å²) in [6, 6.07) is 10.3. The monoisotopic (exact) mass is 325 g/mol. The zero-order valence-corrected chi connectivity index (χ0v) is 11.4. The van der Waals surface area contributed by atoms with Crippen LogP contribution < -0.4 is 0 Å². The SMILES string of the molecule is N#Cc1ccc(Sc2cc(F)ccc2F)c(Br)c1. The first-order valence-corrected chi connectivity index (χ1v) is 6.53. The van der Waals surface area contributed by atoms with Crippen LogP contribution in [0.5, 0.6) is 0 Å². The Balaban J connectivity index is 2.34. The molecule has 0 unspecified atom stereocenters. The Kier molecular flexibility index (Phi) is 4.00. The maximum atomic E-state index is 13.5. The van der Waals surface area contributed by atoms with Gasteiger partial charge in [0.2, 0.25) is 0 Å². The molecule has 0 radical (unpaired) electrons. The van der Waals surface area contributed by atoms with Crippen molar-refractivity contribution in [1.82, 2.24) is 0 Å². The Morgan fingerprint density at radius 3 is 2.50 bits per heavy atom. The van der Waals surface area contributed by atoms with Gasteiger partial charge in [-0.05, 0) is 52.3 Å². The van der Waals surface area contributed by atoms with E-state index in [0.717, 1.165) is 34.9 Å². The second kappa shape index (κ2) is 5.51. The first-order chi connectivity index (χ1) is 8.60. The Bertz CT molecular complexity index is 637. The number of halogens is 3. The van der Waals surface area contributed by atoms with Crippen molar-refractivity contribution in [2.45, 2.75) is 9.79 Å². The van der Waals surface area contributed by atoms with E-state index in [1.807, 2.05) is 6.07 Å². The summed E-state index contributed by atoms with van der Waals surface area (Å²) in [5.74, 6) is -0.957. The lowest BCUT2D eigenvalue weighted by Gasteiger charge is -2.05. The molecule has 0 N–H and O–H groups in total. The molecular formula is C13H6BrF2NS. The molecule has 0 atom stereocenters. The van der Waals surface area contributed by atoms with Crippen LogP contribution in [0, 0.1) is 23.0 Å². The lowest BCUT2D eigenvalue weighted by Crippen LogP contribution is -1.85. The molecule has 0 bridgehead atoms. The molecule has 2 aromatic carbocycles. The molecule has 0 saturated carbocycles. The van der Waals surface area contributed by atoms with Gasteiger partial charge in [0.05, 0.1) is 16.5 Å². The van der Waals surface area contributed by atoms with Crippen molar-refractivity contribution in [2.75, 3.05) is 0 Å². The molecule has 5 heteroatoms. The van der Waals surface area contributed by atoms with Gasteiger partial charge >= 0.3 is 0 Å². The molecule has 90 valence electrons. The van der Waals surface area contributed by atoms with Crippen LogP contribution in [0.15, 0.2) is 50.7 Å². The third kappa shape index (κ3) is 2.89. The van der Waals surface area contributed by atoms with Crippen LogP contribution in [0.1, 0.15) is 5.56 Å². The summed E-state index contributed by atoms with van der Waals surface area (Å²) in [5.41, 5.74) is 0.505. The van der Waals surface area contributed by atoms with Gasteiger partial charge in [-0.1, -0.05) is 11.8 Å². The van der Waals surface area contributed by atoms with Crippen LogP contribution in [0.3, 0.4) is 0 Å². The van der Waals surface area contributed by atoms with Crippen LogP contribution in [-0.2, 0) is 0 Å². The molecule has 0 aromatic heterocycles. The number of hydrogen-bond donors (Lipinski definition) is 0. The fourth-order valence-electron chi connectivity index (χ4n) is 1.33. The molecule has 0 amide bonds. The van der Waals surface area contributed by atoms with Crippen LogP contribution in [0.25, 0.3) is 0 Å². The predicted octanol–water partition coefficient (Wildman–Crippen LogP) is 4.75. The Morgan fingerprint density at radius 2 is 1.83 bits per heavy atom. The molecule has 2 aromatic rings. The second-order valence-electron chi connectivity index (χ2n) is 3.43. The predicted molar refractivity (Wildman–Crippen MR) is 69.3 cm³/mol. The highest BCUT2D eigenvalue weighted by molar-refractivity contribution is 9.10. The van der Waals surface area contributed by atoms with Crippen molar-refractivity contribution in [3.05, 3.63) is 58.1 Å². The van der Waals surface area contributed by atoms with Gasteiger partial charge in [-0.25, -0.2) is 8.78 Å². The van der Waals surface area contributed by atoms with Gasteiger partial charge in [0.1, 0.15) is 11.6 Å². The van der Waals surface area contributed by atoms with Gasteiger partial charge in [-0.3, -0.25) is 0 Å². The molecule has 18 heavy (non-hydrogen) atoms. The van der Waals surface area contributed by atoms with E-state index in [1.54, 1.807) is 18.2 Å². The highest BCUT2D eigenvalue weighted by Crippen LogP contribution is 2.35. The fourth-order valence-corrected chi connectivity index (χ4v) is 2.82. The smallest absolute Gasteiger partial charge is 0.137 e. The van der Waals surface area contributed by atoms with E-state index in [4.69, 9.17) is 5.26 Å². The van der Waals surface area contributed by atoms with Gasteiger partial charge in [-0.15, -0.1) is 0 Å². The molecule has 0 aliphatic carbocycles. The molecule has 0 aliphatic rings. The van der Waals surface area contributed by atoms with Crippen molar-refractivity contribution in [3.8, 4) is 6.07 Å². The second-order valence-corrected chi connectivity index (χ2v) is 5.37. The van der Waals surface area contributed by atoms with E-state index in [1.165, 1.54) is 0 Å². The van der Waals surface area contributed by atoms with Gasteiger partial charge in [0.25, 0.3) is 0 Å². The molecule has 0 spiro atoms. The summed E-state index contributed by atoms with van der Waals surface area (Å²) in [4.78, 5) is 0.930. The van der Waals surface area contributed by atoms with E-state index < -0.39 is 11.6 Å². The summed E-state index contributed by atoms with van der Waals surface area (Å²) >= 11 is 4.40. The Hall–Kier alpha value is -1.38. The number of hydrogen-bond acceptors (Lipinski definition) is 2. The van der Waals surface area contributed by atoms with Gasteiger partial charge in [-0.2, -0.15) is 5.26 Å². The molecule has 0 heterocycles. The highest BCUT2D eigenvalue weighted by atomic mass is 79.9. The third-order valence-electron chi connectivity index (χ3n) is 2.17. The van der Waals surface area contributed by atoms with Crippen molar-refractivity contribution in [3.63, 3.8) is 0 Å². The van der Waals surface area contributed by atoms with Crippen molar-refractivity contribution in [1.29, 1.82) is 5.26 Å². The molecule has 1 nitrogen and oxygen atoms in total. The minimum atomic E-state index is -0.483. The maximum absolute atomic E-state index is 13.5. The maximum Gasteiger partial charge on any atom is 0.137 e. The van der Waals surface area contributed by atoms with E-state index in [9.17, 15) is 8.78 Å². The summed E-state index contributed by atoms with van der Waals surface area (Å²) < 4.78 is 27.2. The van der Waals surface area contributed by atoms with Crippen LogP contribution in [0.2, 0.25) is 0 Å². The molecule has 0 aliphatic heterocycles. The summed E-state index contributed by atoms with van der Waals surface area (Å²) in [6.07, 6.45) is 0. The van der Waals surface area contributed by atoms with Crippen LogP contribution in [0.4, 0.5) is 8.78 Å². The molecule has 0 fully saturated rings. The quantitative estimate of drug-likeness (QED) is 0.795.